The molecule has 0 bridgehead atoms. The van der Waals surface area contributed by atoms with E-state index < -0.39 is 242 Å². The van der Waals surface area contributed by atoms with Crippen LogP contribution in [-0.2, 0) is 97.1 Å². The van der Waals surface area contributed by atoms with E-state index >= 15 is 0 Å². The SMILES string of the molecule is CC1(C)\C(=C/C=C/C=C/C=C/C2N(CCC(=O)O)c3ccc4ccccc4c3C2(C)C)N(CCC(=O)N[C@@H](CCCNC(=N)N)C(=O)NCC(=O)N[C@@H](CC(=O)O)C(=O)N[C@@H](CCCNC(=N)N)C(=O)NCC(=O)N[C@@H](CC(=O)O)C(=O)N[C@@H](CCCNC(=N)N)C(=O)NCC(=O)N[C@@H](CC(=O)O)C(=O)N[C@@H](CCCNC(=N)N)C(=O)NCC(=O)N[C@@H](CC(=O)O)C(N)=O)c2ccc3ccccc3c21. The van der Waals surface area contributed by atoms with E-state index in [0.717, 1.165) is 49.7 Å². The number of carbonyl (C=O) groups excluding carboxylic acids is 13. The van der Waals surface area contributed by atoms with Crippen LogP contribution in [0.1, 0.15) is 129 Å². The number of hydrogen-bond acceptors (Lipinski definition) is 24. The van der Waals surface area contributed by atoms with Gasteiger partial charge < -0.3 is 149 Å². The monoisotopic (exact) mass is 1940 g/mol. The fourth-order valence-electron chi connectivity index (χ4n) is 15.7. The summed E-state index contributed by atoms with van der Waals surface area (Å²) in [6.45, 7) is 4.59. The first-order chi connectivity index (χ1) is 65.7. The molecule has 50 heteroatoms. The van der Waals surface area contributed by atoms with Crippen LogP contribution in [0.15, 0.2) is 121 Å². The van der Waals surface area contributed by atoms with Gasteiger partial charge in [0.1, 0.15) is 48.3 Å². The average Bonchev–Trinajstić information content (AvgIpc) is 1.58. The number of benzene rings is 4. The Morgan fingerprint density at radius 3 is 1.06 bits per heavy atom. The van der Waals surface area contributed by atoms with Gasteiger partial charge in [0.25, 0.3) is 0 Å². The molecule has 4 aromatic carbocycles. The maximum Gasteiger partial charge on any atom is 0.305 e. The number of carboxylic acids is 5. The Bertz CT molecular complexity index is 5390. The molecular weight excluding hydrogens is 1820 g/mol. The average molecular weight is 1940 g/mol. The number of guanidine groups is 4. The van der Waals surface area contributed by atoms with Gasteiger partial charge in [0, 0.05) is 73.6 Å². The Balaban J connectivity index is 1.11. The number of rotatable bonds is 58. The molecule has 0 spiro atoms. The summed E-state index contributed by atoms with van der Waals surface area (Å²) in [5.74, 6) is -24.4. The zero-order valence-corrected chi connectivity index (χ0v) is 77.0. The van der Waals surface area contributed by atoms with Crippen molar-refractivity contribution in [1.82, 2.24) is 85.1 Å². The minimum Gasteiger partial charge on any atom is -0.481 e. The molecule has 50 nitrogen and oxygen atoms in total. The highest BCUT2D eigenvalue weighted by molar-refractivity contribution is 6.02. The predicted molar refractivity (Wildman–Crippen MR) is 507 cm³/mol. The molecule has 0 saturated heterocycles. The maximum absolute atomic E-state index is 14.3. The van der Waals surface area contributed by atoms with E-state index in [-0.39, 0.29) is 103 Å². The Morgan fingerprint density at radius 2 is 0.691 bits per heavy atom. The molecule has 0 aromatic heterocycles. The zero-order chi connectivity index (χ0) is 103. The smallest absolute Gasteiger partial charge is 0.305 e. The van der Waals surface area contributed by atoms with Crippen LogP contribution in [0.5, 0.6) is 0 Å². The number of aliphatic carboxylic acids is 5. The van der Waals surface area contributed by atoms with Gasteiger partial charge in [-0.1, -0.05) is 125 Å². The van der Waals surface area contributed by atoms with Crippen LogP contribution in [0.4, 0.5) is 11.4 Å². The zero-order valence-electron chi connectivity index (χ0n) is 77.0. The number of carbonyl (C=O) groups is 18. The summed E-state index contributed by atoms with van der Waals surface area (Å²) in [5, 5.41) is 120. The number of nitrogens with two attached hydrogens (primary N) is 5. The number of amides is 13. The number of primary amides is 1. The first-order valence-corrected chi connectivity index (χ1v) is 44.2. The molecule has 1 unspecified atom stereocenters. The molecule has 0 radical (unpaired) electrons. The normalized spacial score (nSPS) is 15.2. The number of nitrogens with zero attached hydrogens (tertiary/aromatic N) is 2. The van der Waals surface area contributed by atoms with E-state index in [1.165, 1.54) is 0 Å². The summed E-state index contributed by atoms with van der Waals surface area (Å²) in [6, 6.07) is 9.63. The summed E-state index contributed by atoms with van der Waals surface area (Å²) >= 11 is 0. The highest BCUT2D eigenvalue weighted by Gasteiger charge is 2.46. The van der Waals surface area contributed by atoms with Gasteiger partial charge in [-0.25, -0.2) is 0 Å². The van der Waals surface area contributed by atoms with Crippen molar-refractivity contribution in [1.29, 1.82) is 21.6 Å². The van der Waals surface area contributed by atoms with Crippen molar-refractivity contribution in [3.8, 4) is 0 Å². The van der Waals surface area contributed by atoms with Crippen LogP contribution in [0.25, 0.3) is 21.5 Å². The Hall–Kier alpha value is -16.5. The lowest BCUT2D eigenvalue weighted by Gasteiger charge is -2.32. The fourth-order valence-corrected chi connectivity index (χ4v) is 15.7. The lowest BCUT2D eigenvalue weighted by atomic mass is 9.78. The van der Waals surface area contributed by atoms with E-state index in [1.807, 2.05) is 95.2 Å². The number of nitrogens with one attached hydrogen (secondary N) is 20. The van der Waals surface area contributed by atoms with E-state index in [2.05, 4.69) is 143 Å². The molecule has 13 amide bonds. The summed E-state index contributed by atoms with van der Waals surface area (Å²) in [4.78, 5) is 241. The second kappa shape index (κ2) is 54.1. The number of carboxylic acid groups (broad SMARTS) is 5. The summed E-state index contributed by atoms with van der Waals surface area (Å²) in [7, 11) is 0. The van der Waals surface area contributed by atoms with Crippen molar-refractivity contribution < 1.29 is 112 Å². The highest BCUT2D eigenvalue weighted by Crippen LogP contribution is 2.52. The standard InChI is InChI=1S/C89H123N27O23/c1-88(2)62(26-8-6-5-7-9-27-63-89(3,4)75-51-21-13-11-19-49(51)29-31-61(75)116(63)39-33-69(122)123)115(60-30-28-48-18-10-12-20-50(48)74(60)88)38-32-64(117)107-52(22-14-34-99-84(91)92)77(133)103-45-66(119)109-57(41-71(126)127)81(137)113-54(24-16-36-101-86(95)96)79(135)105-47-68(121)111-59(43-73(130)131)83(139)114-55(25-17-37-102-87(97)98)80(136)106-46-67(120)110-58(42-72(128)129)82(138)112-53(23-15-35-100-85(93)94)78(134)104-44-65(118)108-56(76(90)132)40-70(124)125/h5-13,18-21,26-31,52-59,63H,14-17,22-25,32-47H2,1-4H3,(H2,90,132)(H,103,133)(H,104,134)(H,105,135)(H,106,136)(H,107,117)(H,108,118)(H,109,119)(H,110,120)(H,111,121)(H,112,138)(H,113,137)(H,114,139)(H,122,123)(H,124,125)(H,126,127)(H,128,129)(H,130,131)(H4,91,92,99)(H4,93,94,100)(H4,95,96,101)(H4,97,98,102)/b7-5+,8-6+,27-9+,62-26+/t52-,53-,54-,55-,56-,57-,58-,59-,63?/m0/s1. The van der Waals surface area contributed by atoms with Crippen LogP contribution in [-0.4, -0.2) is 276 Å². The maximum atomic E-state index is 14.3. The van der Waals surface area contributed by atoms with Gasteiger partial charge in [0.05, 0.1) is 64.3 Å². The van der Waals surface area contributed by atoms with Crippen LogP contribution < -0.4 is 124 Å². The molecule has 0 saturated carbocycles. The van der Waals surface area contributed by atoms with Crippen LogP contribution in [0, 0.1) is 21.6 Å². The van der Waals surface area contributed by atoms with Crippen molar-refractivity contribution in [2.24, 2.45) is 28.7 Å². The first kappa shape index (κ1) is 111. The van der Waals surface area contributed by atoms with Crippen LogP contribution >= 0.6 is 0 Å². The lowest BCUT2D eigenvalue weighted by molar-refractivity contribution is -0.142. The second-order valence-electron chi connectivity index (χ2n) is 33.5. The molecule has 2 aliphatic heterocycles. The minimum absolute atomic E-state index is 0.0357. The Kier molecular flexibility index (Phi) is 43.3. The minimum atomic E-state index is -2.08. The third-order valence-electron chi connectivity index (χ3n) is 22.1. The van der Waals surface area contributed by atoms with E-state index in [1.54, 1.807) is 0 Å². The molecule has 9 atom stereocenters. The van der Waals surface area contributed by atoms with Gasteiger partial charge in [-0.3, -0.25) is 108 Å². The fraction of sp³-hybridized carbons (Fsp3) is 0.438. The van der Waals surface area contributed by atoms with Gasteiger partial charge in [0.2, 0.25) is 76.8 Å². The highest BCUT2D eigenvalue weighted by atomic mass is 16.4. The molecule has 0 aliphatic carbocycles. The Labute approximate surface area is 797 Å². The summed E-state index contributed by atoms with van der Waals surface area (Å²) in [5.41, 5.74) is 30.6. The number of hydrogen-bond donors (Lipinski definition) is 30. The topological polar surface area (TPSA) is 833 Å². The number of anilines is 2. The van der Waals surface area contributed by atoms with Crippen molar-refractivity contribution in [2.75, 3.05) is 75.2 Å². The predicted octanol–water partition coefficient (Wildman–Crippen LogP) is -4.55. The van der Waals surface area contributed by atoms with E-state index in [9.17, 15) is 107 Å². The van der Waals surface area contributed by atoms with Gasteiger partial charge in [-0.2, -0.15) is 0 Å². The van der Waals surface area contributed by atoms with Crippen LogP contribution in [0.3, 0.4) is 0 Å². The van der Waals surface area contributed by atoms with Gasteiger partial charge in [-0.15, -0.1) is 0 Å². The van der Waals surface area contributed by atoms with Gasteiger partial charge in [-0.05, 0) is 102 Å². The third kappa shape index (κ3) is 36.0. The third-order valence-corrected chi connectivity index (χ3v) is 22.1. The molecule has 4 aromatic rings. The molecule has 2 aliphatic rings. The molecule has 139 heavy (non-hydrogen) atoms. The Morgan fingerprint density at radius 1 is 0.360 bits per heavy atom. The quantitative estimate of drug-likeness (QED) is 0.00857. The molecule has 752 valence electrons. The van der Waals surface area contributed by atoms with E-state index in [0.29, 0.717) is 6.54 Å². The summed E-state index contributed by atoms with van der Waals surface area (Å²) in [6.07, 6.45) is 7.60. The molecule has 35 N–H and O–H groups in total. The van der Waals surface area contributed by atoms with E-state index in [4.69, 9.17) is 55.4 Å². The largest absolute Gasteiger partial charge is 0.481 e. The van der Waals surface area contributed by atoms with Crippen molar-refractivity contribution in [3.05, 3.63) is 132 Å². The molecular formula is C89H123N27O23. The molecule has 2 heterocycles. The second-order valence-corrected chi connectivity index (χ2v) is 33.5. The number of fused-ring (bicyclic) bond motifs is 6. The van der Waals surface area contributed by atoms with Gasteiger partial charge >= 0.3 is 29.8 Å². The van der Waals surface area contributed by atoms with Crippen molar-refractivity contribution in [3.63, 3.8) is 0 Å². The van der Waals surface area contributed by atoms with Crippen LogP contribution in [0.2, 0.25) is 0 Å². The summed E-state index contributed by atoms with van der Waals surface area (Å²) < 4.78 is 0. The number of allylic oxidation sites excluding steroid dienone is 7. The molecule has 6 rings (SSSR count). The van der Waals surface area contributed by atoms with Crippen molar-refractivity contribution in [2.45, 2.75) is 183 Å². The van der Waals surface area contributed by atoms with Crippen molar-refractivity contribution >= 4 is 163 Å². The molecule has 0 fully saturated rings. The van der Waals surface area contributed by atoms with Gasteiger partial charge in [0.15, 0.2) is 23.8 Å². The lowest BCUT2D eigenvalue weighted by Crippen LogP contribution is -2.58. The first-order valence-electron chi connectivity index (χ1n) is 44.2.